The van der Waals surface area contributed by atoms with Crippen LogP contribution in [-0.4, -0.2) is 20.5 Å². The molecule has 0 unspecified atom stereocenters. The van der Waals surface area contributed by atoms with E-state index < -0.39 is 5.97 Å². The smallest absolute Gasteiger partial charge is 0.356 e. The van der Waals surface area contributed by atoms with Crippen molar-refractivity contribution in [2.75, 3.05) is 0 Å². The Kier molecular flexibility index (Phi) is 1.94. The summed E-state index contributed by atoms with van der Waals surface area (Å²) in [6.45, 7) is 0.422. The fraction of sp³-hybridized carbons (Fsp3) is 0.111. The van der Waals surface area contributed by atoms with Crippen LogP contribution in [0.1, 0.15) is 16.1 Å². The first-order valence-corrected chi connectivity index (χ1v) is 4.11. The molecule has 0 fully saturated rings. The van der Waals surface area contributed by atoms with Crippen molar-refractivity contribution in [1.82, 2.24) is 9.38 Å². The highest BCUT2D eigenvalue weighted by Crippen LogP contribution is 2.07. The lowest BCUT2D eigenvalue weighted by Gasteiger charge is -1.96. The maximum atomic E-state index is 10.6. The number of pyridine rings is 1. The Hall–Kier alpha value is -1.88. The maximum absolute atomic E-state index is 10.6. The van der Waals surface area contributed by atoms with E-state index in [2.05, 4.69) is 4.98 Å². The number of hydrogen-bond donors (Lipinski definition) is 2. The standard InChI is InChI=1S/C9H9N3O2/c10-4-6-1-2-12-5-7(9(13)14)11-8(12)3-6/h1-3,5H,4,10H2,(H,13,14). The number of carboxylic acid groups (broad SMARTS) is 1. The van der Waals surface area contributed by atoms with Crippen LogP contribution in [0.4, 0.5) is 0 Å². The molecule has 2 aromatic heterocycles. The minimum absolute atomic E-state index is 0.0409. The molecule has 2 rings (SSSR count). The average molecular weight is 191 g/mol. The molecular weight excluding hydrogens is 182 g/mol. The van der Waals surface area contributed by atoms with E-state index in [1.165, 1.54) is 6.20 Å². The van der Waals surface area contributed by atoms with Crippen molar-refractivity contribution in [1.29, 1.82) is 0 Å². The van der Waals surface area contributed by atoms with Gasteiger partial charge >= 0.3 is 5.97 Å². The van der Waals surface area contributed by atoms with Gasteiger partial charge in [0.15, 0.2) is 5.69 Å². The van der Waals surface area contributed by atoms with E-state index in [0.29, 0.717) is 12.2 Å². The second-order valence-corrected chi connectivity index (χ2v) is 2.94. The molecule has 72 valence electrons. The number of aromatic nitrogens is 2. The first kappa shape index (κ1) is 8.71. The second-order valence-electron chi connectivity index (χ2n) is 2.94. The van der Waals surface area contributed by atoms with Gasteiger partial charge in [-0.25, -0.2) is 9.78 Å². The minimum atomic E-state index is -1.03. The highest BCUT2D eigenvalue weighted by Gasteiger charge is 2.07. The number of hydrogen-bond acceptors (Lipinski definition) is 3. The number of fused-ring (bicyclic) bond motifs is 1. The maximum Gasteiger partial charge on any atom is 0.356 e. The van der Waals surface area contributed by atoms with Crippen LogP contribution >= 0.6 is 0 Å². The van der Waals surface area contributed by atoms with Crippen LogP contribution in [0.25, 0.3) is 5.65 Å². The summed E-state index contributed by atoms with van der Waals surface area (Å²) in [6, 6.07) is 3.60. The Balaban J connectivity index is 2.60. The van der Waals surface area contributed by atoms with Gasteiger partial charge in [0.2, 0.25) is 0 Å². The second kappa shape index (κ2) is 3.12. The lowest BCUT2D eigenvalue weighted by molar-refractivity contribution is 0.0691. The number of nitrogens with two attached hydrogens (primary N) is 1. The van der Waals surface area contributed by atoms with Crippen molar-refractivity contribution in [2.24, 2.45) is 5.73 Å². The predicted molar refractivity (Wildman–Crippen MR) is 50.0 cm³/mol. The highest BCUT2D eigenvalue weighted by atomic mass is 16.4. The van der Waals surface area contributed by atoms with Gasteiger partial charge in [-0.05, 0) is 17.7 Å². The molecule has 0 saturated carbocycles. The molecule has 0 atom stereocenters. The number of nitrogens with zero attached hydrogens (tertiary/aromatic N) is 2. The zero-order valence-electron chi connectivity index (χ0n) is 7.34. The number of imidazole rings is 1. The van der Waals surface area contributed by atoms with Crippen LogP contribution in [-0.2, 0) is 6.54 Å². The summed E-state index contributed by atoms with van der Waals surface area (Å²) >= 11 is 0. The normalized spacial score (nSPS) is 10.6. The molecule has 0 aliphatic rings. The molecule has 0 saturated heterocycles. The molecule has 0 amide bonds. The van der Waals surface area contributed by atoms with Gasteiger partial charge in [-0.2, -0.15) is 0 Å². The number of rotatable bonds is 2. The van der Waals surface area contributed by atoms with Crippen molar-refractivity contribution in [2.45, 2.75) is 6.54 Å². The summed E-state index contributed by atoms with van der Waals surface area (Å²) in [6.07, 6.45) is 3.22. The van der Waals surface area contributed by atoms with E-state index in [-0.39, 0.29) is 5.69 Å². The Morgan fingerprint density at radius 1 is 1.64 bits per heavy atom. The Labute approximate surface area is 79.8 Å². The average Bonchev–Trinajstić information content (AvgIpc) is 2.59. The van der Waals surface area contributed by atoms with Crippen molar-refractivity contribution < 1.29 is 9.90 Å². The zero-order valence-corrected chi connectivity index (χ0v) is 7.34. The first-order chi connectivity index (χ1) is 6.70. The predicted octanol–water partition coefficient (Wildman–Crippen LogP) is 0.491. The molecule has 0 spiro atoms. The molecule has 3 N–H and O–H groups in total. The van der Waals surface area contributed by atoms with E-state index in [1.54, 1.807) is 16.7 Å². The molecule has 14 heavy (non-hydrogen) atoms. The van der Waals surface area contributed by atoms with Gasteiger partial charge in [-0.1, -0.05) is 0 Å². The largest absolute Gasteiger partial charge is 0.476 e. The SMILES string of the molecule is NCc1ccn2cc(C(=O)O)nc2c1. The third-order valence-corrected chi connectivity index (χ3v) is 1.98. The van der Waals surface area contributed by atoms with Crippen LogP contribution in [0, 0.1) is 0 Å². The summed E-state index contributed by atoms with van der Waals surface area (Å²) in [5.41, 5.74) is 7.03. The van der Waals surface area contributed by atoms with Crippen molar-refractivity contribution in [3.05, 3.63) is 35.8 Å². The van der Waals surface area contributed by atoms with Crippen LogP contribution in [0.2, 0.25) is 0 Å². The van der Waals surface area contributed by atoms with Gasteiger partial charge in [-0.3, -0.25) is 0 Å². The zero-order chi connectivity index (χ0) is 10.1. The number of carboxylic acids is 1. The monoisotopic (exact) mass is 191 g/mol. The third kappa shape index (κ3) is 1.33. The van der Waals surface area contributed by atoms with Crippen LogP contribution in [0.3, 0.4) is 0 Å². The molecule has 2 aromatic rings. The molecule has 5 nitrogen and oxygen atoms in total. The van der Waals surface area contributed by atoms with Gasteiger partial charge in [-0.15, -0.1) is 0 Å². The summed E-state index contributed by atoms with van der Waals surface area (Å²) in [5.74, 6) is -1.03. The van der Waals surface area contributed by atoms with E-state index in [1.807, 2.05) is 6.07 Å². The summed E-state index contributed by atoms with van der Waals surface area (Å²) in [7, 11) is 0. The molecular formula is C9H9N3O2. The van der Waals surface area contributed by atoms with Crippen LogP contribution < -0.4 is 5.73 Å². The third-order valence-electron chi connectivity index (χ3n) is 1.98. The molecule has 0 aliphatic carbocycles. The quantitative estimate of drug-likeness (QED) is 0.723. The van der Waals surface area contributed by atoms with Gasteiger partial charge in [0.05, 0.1) is 0 Å². The highest BCUT2D eigenvalue weighted by molar-refractivity contribution is 5.86. The van der Waals surface area contributed by atoms with Crippen LogP contribution in [0.15, 0.2) is 24.5 Å². The summed E-state index contributed by atoms with van der Waals surface area (Å²) in [4.78, 5) is 14.6. The van der Waals surface area contributed by atoms with E-state index in [0.717, 1.165) is 5.56 Å². The fourth-order valence-electron chi connectivity index (χ4n) is 1.25. The van der Waals surface area contributed by atoms with Gasteiger partial charge in [0.25, 0.3) is 0 Å². The van der Waals surface area contributed by atoms with Crippen molar-refractivity contribution in [3.8, 4) is 0 Å². The molecule has 5 heteroatoms. The van der Waals surface area contributed by atoms with Crippen molar-refractivity contribution >= 4 is 11.6 Å². The van der Waals surface area contributed by atoms with E-state index in [4.69, 9.17) is 10.8 Å². The minimum Gasteiger partial charge on any atom is -0.476 e. The van der Waals surface area contributed by atoms with E-state index in [9.17, 15) is 4.79 Å². The topological polar surface area (TPSA) is 80.6 Å². The molecule has 0 bridgehead atoms. The lowest BCUT2D eigenvalue weighted by Crippen LogP contribution is -1.96. The molecule has 0 aliphatic heterocycles. The van der Waals surface area contributed by atoms with Gasteiger partial charge in [0, 0.05) is 18.9 Å². The summed E-state index contributed by atoms with van der Waals surface area (Å²) in [5, 5.41) is 8.71. The van der Waals surface area contributed by atoms with Crippen LogP contribution in [0.5, 0.6) is 0 Å². The van der Waals surface area contributed by atoms with Gasteiger partial charge < -0.3 is 15.2 Å². The Morgan fingerprint density at radius 3 is 3.07 bits per heavy atom. The molecule has 0 aromatic carbocycles. The summed E-state index contributed by atoms with van der Waals surface area (Å²) < 4.78 is 1.66. The molecule has 0 radical (unpaired) electrons. The van der Waals surface area contributed by atoms with Gasteiger partial charge in [0.1, 0.15) is 5.65 Å². The Morgan fingerprint density at radius 2 is 2.43 bits per heavy atom. The number of carbonyl (C=O) groups is 1. The fourth-order valence-corrected chi connectivity index (χ4v) is 1.25. The lowest BCUT2D eigenvalue weighted by atomic mass is 10.3. The Bertz CT molecular complexity index is 490. The number of aromatic carboxylic acids is 1. The van der Waals surface area contributed by atoms with E-state index >= 15 is 0 Å². The van der Waals surface area contributed by atoms with Crippen molar-refractivity contribution in [3.63, 3.8) is 0 Å². The molecule has 2 heterocycles. The first-order valence-electron chi connectivity index (χ1n) is 4.11.